The third-order valence-corrected chi connectivity index (χ3v) is 4.19. The van der Waals surface area contributed by atoms with Gasteiger partial charge in [-0.15, -0.1) is 0 Å². The zero-order valence-corrected chi connectivity index (χ0v) is 15.0. The molecule has 1 heterocycles. The normalized spacial score (nSPS) is 12.7. The quantitative estimate of drug-likeness (QED) is 0.853. The number of nitrogens with one attached hydrogen (secondary N) is 1. The Bertz CT molecular complexity index is 659. The average molecular weight is 333 g/mol. The molecule has 1 amide bonds. The van der Waals surface area contributed by atoms with Crippen LogP contribution in [0.4, 0.5) is 0 Å². The minimum atomic E-state index is -0.239. The second-order valence-electron chi connectivity index (χ2n) is 6.28. The first-order valence-corrected chi connectivity index (χ1v) is 8.34. The molecule has 1 N–H and O–H groups in total. The van der Waals surface area contributed by atoms with Crippen molar-refractivity contribution in [3.63, 3.8) is 0 Å². The van der Waals surface area contributed by atoms with Crippen LogP contribution in [0.25, 0.3) is 5.69 Å². The van der Waals surface area contributed by atoms with Crippen LogP contribution in [-0.4, -0.2) is 33.4 Å². The highest BCUT2D eigenvalue weighted by Gasteiger charge is 2.21. The SMILES string of the molecule is COc1ccc(-n2ccnc2S[C@@H](C)C(=O)NC(C)(C)C)cc1. The van der Waals surface area contributed by atoms with E-state index in [-0.39, 0.29) is 16.7 Å². The maximum atomic E-state index is 12.2. The van der Waals surface area contributed by atoms with Crippen LogP contribution in [0.1, 0.15) is 27.7 Å². The summed E-state index contributed by atoms with van der Waals surface area (Å²) >= 11 is 1.44. The lowest BCUT2D eigenvalue weighted by Gasteiger charge is -2.23. The molecule has 0 saturated heterocycles. The third kappa shape index (κ3) is 4.76. The predicted octanol–water partition coefficient (Wildman–Crippen LogP) is 3.28. The van der Waals surface area contributed by atoms with E-state index in [4.69, 9.17) is 4.74 Å². The fourth-order valence-corrected chi connectivity index (χ4v) is 2.88. The lowest BCUT2D eigenvalue weighted by Crippen LogP contribution is -2.44. The Morgan fingerprint density at radius 2 is 1.96 bits per heavy atom. The maximum Gasteiger partial charge on any atom is 0.233 e. The third-order valence-electron chi connectivity index (χ3n) is 3.11. The highest BCUT2D eigenvalue weighted by Crippen LogP contribution is 2.26. The van der Waals surface area contributed by atoms with E-state index in [2.05, 4.69) is 10.3 Å². The number of carbonyl (C=O) groups excluding carboxylic acids is 1. The molecular weight excluding hydrogens is 310 g/mol. The molecule has 0 saturated carbocycles. The predicted molar refractivity (Wildman–Crippen MR) is 93.3 cm³/mol. The van der Waals surface area contributed by atoms with E-state index < -0.39 is 0 Å². The van der Waals surface area contributed by atoms with Gasteiger partial charge in [0.25, 0.3) is 0 Å². The highest BCUT2D eigenvalue weighted by molar-refractivity contribution is 8.00. The lowest BCUT2D eigenvalue weighted by atomic mass is 10.1. The van der Waals surface area contributed by atoms with Crippen LogP contribution < -0.4 is 10.1 Å². The van der Waals surface area contributed by atoms with Crippen LogP contribution >= 0.6 is 11.8 Å². The van der Waals surface area contributed by atoms with E-state index in [9.17, 15) is 4.79 Å². The number of ether oxygens (including phenoxy) is 1. The van der Waals surface area contributed by atoms with E-state index in [0.29, 0.717) is 0 Å². The minimum Gasteiger partial charge on any atom is -0.497 e. The van der Waals surface area contributed by atoms with Gasteiger partial charge < -0.3 is 10.1 Å². The van der Waals surface area contributed by atoms with E-state index >= 15 is 0 Å². The monoisotopic (exact) mass is 333 g/mol. The van der Waals surface area contributed by atoms with Crippen molar-refractivity contribution < 1.29 is 9.53 Å². The van der Waals surface area contributed by atoms with E-state index in [0.717, 1.165) is 16.6 Å². The van der Waals surface area contributed by atoms with Crippen molar-refractivity contribution in [2.24, 2.45) is 0 Å². The Kier molecular flexibility index (Phi) is 5.36. The summed E-state index contributed by atoms with van der Waals surface area (Å²) in [5.74, 6) is 0.813. The van der Waals surface area contributed by atoms with Crippen molar-refractivity contribution in [2.45, 2.75) is 43.6 Å². The van der Waals surface area contributed by atoms with Crippen molar-refractivity contribution in [3.8, 4) is 11.4 Å². The molecule has 0 aliphatic rings. The smallest absolute Gasteiger partial charge is 0.233 e. The van der Waals surface area contributed by atoms with Gasteiger partial charge in [0.2, 0.25) is 5.91 Å². The Hall–Kier alpha value is -1.95. The Morgan fingerprint density at radius 1 is 1.30 bits per heavy atom. The molecule has 0 bridgehead atoms. The van der Waals surface area contributed by atoms with Gasteiger partial charge in [0, 0.05) is 23.6 Å². The Labute approximate surface area is 141 Å². The standard InChI is InChI=1S/C17H23N3O2S/c1-12(15(21)19-17(2,3)4)23-16-18-10-11-20(16)13-6-8-14(22-5)9-7-13/h6-12H,1-5H3,(H,19,21)/t12-/m0/s1. The molecule has 2 aromatic rings. The van der Waals surface area contributed by atoms with Crippen LogP contribution in [0.15, 0.2) is 41.8 Å². The Balaban J connectivity index is 2.13. The molecule has 6 heteroatoms. The first-order chi connectivity index (χ1) is 10.8. The number of benzene rings is 1. The maximum absolute atomic E-state index is 12.2. The number of hydrogen-bond donors (Lipinski definition) is 1. The number of aromatic nitrogens is 2. The van der Waals surface area contributed by atoms with Crippen LogP contribution in [0, 0.1) is 0 Å². The highest BCUT2D eigenvalue weighted by atomic mass is 32.2. The summed E-state index contributed by atoms with van der Waals surface area (Å²) < 4.78 is 7.14. The fraction of sp³-hybridized carbons (Fsp3) is 0.412. The molecule has 0 fully saturated rings. The number of carbonyl (C=O) groups is 1. The number of rotatable bonds is 5. The number of hydrogen-bond acceptors (Lipinski definition) is 4. The number of imidazole rings is 1. The summed E-state index contributed by atoms with van der Waals surface area (Å²) in [5, 5.41) is 3.55. The number of thioether (sulfide) groups is 1. The van der Waals surface area contributed by atoms with Gasteiger partial charge in [-0.2, -0.15) is 0 Å². The number of nitrogens with zero attached hydrogens (tertiary/aromatic N) is 2. The first kappa shape index (κ1) is 17.4. The van der Waals surface area contributed by atoms with Crippen molar-refractivity contribution in [1.82, 2.24) is 14.9 Å². The molecule has 1 aromatic carbocycles. The van der Waals surface area contributed by atoms with Gasteiger partial charge in [-0.25, -0.2) is 4.98 Å². The van der Waals surface area contributed by atoms with Gasteiger partial charge in [-0.3, -0.25) is 9.36 Å². The molecule has 0 spiro atoms. The molecule has 2 rings (SSSR count). The van der Waals surface area contributed by atoms with Crippen molar-refractivity contribution >= 4 is 17.7 Å². The second-order valence-corrected chi connectivity index (χ2v) is 7.59. The molecule has 5 nitrogen and oxygen atoms in total. The van der Waals surface area contributed by atoms with Crippen molar-refractivity contribution in [1.29, 1.82) is 0 Å². The van der Waals surface area contributed by atoms with Gasteiger partial charge in [0.15, 0.2) is 5.16 Å². The van der Waals surface area contributed by atoms with E-state index in [1.165, 1.54) is 11.8 Å². The molecule has 1 atom stereocenters. The van der Waals surface area contributed by atoms with Gasteiger partial charge in [0.1, 0.15) is 5.75 Å². The number of amides is 1. The van der Waals surface area contributed by atoms with Gasteiger partial charge in [-0.1, -0.05) is 11.8 Å². The summed E-state index contributed by atoms with van der Waals surface area (Å²) in [6.07, 6.45) is 3.62. The van der Waals surface area contributed by atoms with Crippen molar-refractivity contribution in [2.75, 3.05) is 7.11 Å². The summed E-state index contributed by atoms with van der Waals surface area (Å²) in [7, 11) is 1.64. The molecule has 0 aliphatic heterocycles. The molecule has 124 valence electrons. The summed E-state index contributed by atoms with van der Waals surface area (Å²) in [6, 6.07) is 7.73. The second kappa shape index (κ2) is 7.08. The molecule has 23 heavy (non-hydrogen) atoms. The first-order valence-electron chi connectivity index (χ1n) is 7.46. The topological polar surface area (TPSA) is 56.2 Å². The minimum absolute atomic E-state index is 0.00628. The molecule has 0 aliphatic carbocycles. The van der Waals surface area contributed by atoms with Crippen LogP contribution in [0.3, 0.4) is 0 Å². The van der Waals surface area contributed by atoms with Gasteiger partial charge in [0.05, 0.1) is 12.4 Å². The molecule has 0 unspecified atom stereocenters. The van der Waals surface area contributed by atoms with E-state index in [1.54, 1.807) is 13.3 Å². The van der Waals surface area contributed by atoms with Gasteiger partial charge >= 0.3 is 0 Å². The zero-order chi connectivity index (χ0) is 17.0. The summed E-state index contributed by atoms with van der Waals surface area (Å²) in [6.45, 7) is 7.81. The lowest BCUT2D eigenvalue weighted by molar-refractivity contribution is -0.121. The zero-order valence-electron chi connectivity index (χ0n) is 14.2. The summed E-state index contributed by atoms with van der Waals surface area (Å²) in [4.78, 5) is 16.6. The number of methoxy groups -OCH3 is 1. The molecule has 0 radical (unpaired) electrons. The van der Waals surface area contributed by atoms with Crippen molar-refractivity contribution in [3.05, 3.63) is 36.7 Å². The van der Waals surface area contributed by atoms with Crippen LogP contribution in [0.2, 0.25) is 0 Å². The fourth-order valence-electron chi connectivity index (χ4n) is 2.00. The van der Waals surface area contributed by atoms with Gasteiger partial charge in [-0.05, 0) is 52.0 Å². The average Bonchev–Trinajstić information content (AvgIpc) is 2.93. The van der Waals surface area contributed by atoms with Crippen LogP contribution in [-0.2, 0) is 4.79 Å². The molecule has 1 aromatic heterocycles. The largest absolute Gasteiger partial charge is 0.497 e. The Morgan fingerprint density at radius 3 is 2.52 bits per heavy atom. The van der Waals surface area contributed by atoms with Crippen LogP contribution in [0.5, 0.6) is 5.75 Å². The van der Waals surface area contributed by atoms with E-state index in [1.807, 2.05) is 62.7 Å². The molecular formula is C17H23N3O2S. The summed E-state index contributed by atoms with van der Waals surface area (Å²) in [5.41, 5.74) is 0.742.